The number of alkyl halides is 3. The number of amides is 1. The van der Waals surface area contributed by atoms with Crippen LogP contribution < -0.4 is 10.1 Å². The lowest BCUT2D eigenvalue weighted by Gasteiger charge is -2.13. The van der Waals surface area contributed by atoms with E-state index in [1.807, 2.05) is 6.92 Å². The van der Waals surface area contributed by atoms with Crippen LogP contribution in [0.2, 0.25) is 5.02 Å². The minimum Gasteiger partial charge on any atom is -0.404 e. The summed E-state index contributed by atoms with van der Waals surface area (Å²) in [4.78, 5) is 11.8. The Morgan fingerprint density at radius 1 is 1.42 bits per heavy atom. The van der Waals surface area contributed by atoms with Crippen LogP contribution in [0.3, 0.4) is 0 Å². The van der Waals surface area contributed by atoms with Gasteiger partial charge >= 0.3 is 6.36 Å². The first-order valence-corrected chi connectivity index (χ1v) is 5.94. The third-order valence-corrected chi connectivity index (χ3v) is 3.26. The molecule has 1 N–H and O–H groups in total. The molecule has 1 aliphatic carbocycles. The van der Waals surface area contributed by atoms with Gasteiger partial charge in [-0.15, -0.1) is 13.2 Å². The van der Waals surface area contributed by atoms with Crippen molar-refractivity contribution in [3.63, 3.8) is 0 Å². The van der Waals surface area contributed by atoms with Gasteiger partial charge in [-0.2, -0.15) is 0 Å². The zero-order valence-corrected chi connectivity index (χ0v) is 10.7. The van der Waals surface area contributed by atoms with Crippen molar-refractivity contribution in [1.29, 1.82) is 0 Å². The number of benzene rings is 1. The van der Waals surface area contributed by atoms with E-state index >= 15 is 0 Å². The molecular weight excluding hydrogens is 283 g/mol. The molecule has 104 valence electrons. The summed E-state index contributed by atoms with van der Waals surface area (Å²) >= 11 is 5.67. The van der Waals surface area contributed by atoms with Crippen LogP contribution in [0.15, 0.2) is 18.2 Å². The maximum absolute atomic E-state index is 12.0. The molecule has 1 saturated carbocycles. The highest BCUT2D eigenvalue weighted by atomic mass is 35.5. The molecule has 0 aliphatic heterocycles. The number of rotatable bonds is 3. The number of carbonyl (C=O) groups excluding carboxylic acids is 1. The van der Waals surface area contributed by atoms with Crippen molar-refractivity contribution in [3.05, 3.63) is 23.2 Å². The second-order valence-corrected chi connectivity index (χ2v) is 5.11. The predicted molar refractivity (Wildman–Crippen MR) is 64.1 cm³/mol. The highest BCUT2D eigenvalue weighted by Crippen LogP contribution is 2.46. The summed E-state index contributed by atoms with van der Waals surface area (Å²) in [5, 5.41) is 2.40. The van der Waals surface area contributed by atoms with Crippen LogP contribution in [0.25, 0.3) is 0 Å². The van der Waals surface area contributed by atoms with Crippen LogP contribution in [0, 0.1) is 5.41 Å². The van der Waals surface area contributed by atoms with Crippen molar-refractivity contribution in [2.45, 2.75) is 26.1 Å². The molecular formula is C12H11ClF3NO2. The number of nitrogens with one attached hydrogen (secondary N) is 1. The standard InChI is InChI=1S/C12H11ClF3NO2/c1-11(4-5-11)10(18)17-7-2-3-9(8(13)6-7)19-12(14,15)16/h2-3,6H,4-5H2,1H3,(H,17,18). The summed E-state index contributed by atoms with van der Waals surface area (Å²) < 4.78 is 39.9. The van der Waals surface area contributed by atoms with E-state index < -0.39 is 12.1 Å². The molecule has 0 aromatic heterocycles. The molecule has 0 spiro atoms. The van der Waals surface area contributed by atoms with Crippen LogP contribution in [0.1, 0.15) is 19.8 Å². The number of hydrogen-bond acceptors (Lipinski definition) is 2. The monoisotopic (exact) mass is 293 g/mol. The van der Waals surface area contributed by atoms with Crippen LogP contribution in [0.4, 0.5) is 18.9 Å². The molecule has 1 aromatic carbocycles. The Balaban J connectivity index is 2.08. The second-order valence-electron chi connectivity index (χ2n) is 4.71. The zero-order valence-electron chi connectivity index (χ0n) is 9.97. The number of ether oxygens (including phenoxy) is 1. The number of anilines is 1. The van der Waals surface area contributed by atoms with E-state index in [1.165, 1.54) is 12.1 Å². The van der Waals surface area contributed by atoms with Crippen molar-refractivity contribution in [3.8, 4) is 5.75 Å². The highest BCUT2D eigenvalue weighted by Gasteiger charge is 2.44. The topological polar surface area (TPSA) is 38.3 Å². The van der Waals surface area contributed by atoms with Gasteiger partial charge in [-0.25, -0.2) is 0 Å². The second kappa shape index (κ2) is 4.59. The molecule has 0 atom stereocenters. The summed E-state index contributed by atoms with van der Waals surface area (Å²) in [6, 6.07) is 3.61. The van der Waals surface area contributed by atoms with Gasteiger partial charge in [0.25, 0.3) is 0 Å². The summed E-state index contributed by atoms with van der Waals surface area (Å²) in [6.07, 6.45) is -3.18. The average molecular weight is 294 g/mol. The van der Waals surface area contributed by atoms with Gasteiger partial charge in [-0.3, -0.25) is 4.79 Å². The summed E-state index contributed by atoms with van der Waals surface area (Å²) in [5.74, 6) is -0.655. The first-order valence-electron chi connectivity index (χ1n) is 5.56. The summed E-state index contributed by atoms with van der Waals surface area (Å²) in [6.45, 7) is 1.82. The van der Waals surface area contributed by atoms with Crippen LogP contribution in [-0.2, 0) is 4.79 Å². The van der Waals surface area contributed by atoms with Crippen LogP contribution >= 0.6 is 11.6 Å². The lowest BCUT2D eigenvalue weighted by atomic mass is 10.1. The fourth-order valence-electron chi connectivity index (χ4n) is 1.48. The Labute approximate surface area is 112 Å². The molecule has 0 heterocycles. The Hall–Kier alpha value is -1.43. The highest BCUT2D eigenvalue weighted by molar-refractivity contribution is 6.32. The summed E-state index contributed by atoms with van der Waals surface area (Å²) in [7, 11) is 0. The molecule has 7 heteroatoms. The Kier molecular flexibility index (Phi) is 3.38. The fraction of sp³-hybridized carbons (Fsp3) is 0.417. The van der Waals surface area contributed by atoms with E-state index in [-0.39, 0.29) is 16.3 Å². The van der Waals surface area contributed by atoms with Crippen molar-refractivity contribution in [1.82, 2.24) is 0 Å². The number of hydrogen-bond donors (Lipinski definition) is 1. The fourth-order valence-corrected chi connectivity index (χ4v) is 1.70. The van der Waals surface area contributed by atoms with Crippen molar-refractivity contribution < 1.29 is 22.7 Å². The number of carbonyl (C=O) groups is 1. The van der Waals surface area contributed by atoms with Gasteiger partial charge in [0, 0.05) is 11.1 Å². The average Bonchev–Trinajstić information content (AvgIpc) is 3.00. The smallest absolute Gasteiger partial charge is 0.404 e. The maximum atomic E-state index is 12.0. The van der Waals surface area contributed by atoms with Crippen LogP contribution in [-0.4, -0.2) is 12.3 Å². The first-order chi connectivity index (χ1) is 8.70. The molecule has 1 aromatic rings. The van der Waals surface area contributed by atoms with Gasteiger partial charge in [-0.05, 0) is 31.0 Å². The van der Waals surface area contributed by atoms with E-state index in [2.05, 4.69) is 10.1 Å². The van der Waals surface area contributed by atoms with E-state index in [9.17, 15) is 18.0 Å². The normalized spacial score (nSPS) is 16.9. The largest absolute Gasteiger partial charge is 0.573 e. The van der Waals surface area contributed by atoms with Crippen molar-refractivity contribution in [2.24, 2.45) is 5.41 Å². The lowest BCUT2D eigenvalue weighted by Crippen LogP contribution is -2.21. The molecule has 1 fully saturated rings. The zero-order chi connectivity index (χ0) is 14.3. The van der Waals surface area contributed by atoms with Crippen molar-refractivity contribution in [2.75, 3.05) is 5.32 Å². The Bertz CT molecular complexity index is 512. The third kappa shape index (κ3) is 3.53. The van der Waals surface area contributed by atoms with E-state index in [1.54, 1.807) is 0 Å². The van der Waals surface area contributed by atoms with E-state index in [4.69, 9.17) is 11.6 Å². The lowest BCUT2D eigenvalue weighted by molar-refractivity contribution is -0.274. The van der Waals surface area contributed by atoms with Gasteiger partial charge < -0.3 is 10.1 Å². The molecule has 1 amide bonds. The molecule has 3 nitrogen and oxygen atoms in total. The van der Waals surface area contributed by atoms with Gasteiger partial charge in [-0.1, -0.05) is 18.5 Å². The Morgan fingerprint density at radius 3 is 2.53 bits per heavy atom. The minimum atomic E-state index is -4.80. The van der Waals surface area contributed by atoms with Gasteiger partial charge in [0.2, 0.25) is 5.91 Å². The predicted octanol–water partition coefficient (Wildman–Crippen LogP) is 3.98. The summed E-state index contributed by atoms with van der Waals surface area (Å²) in [5.41, 5.74) is -0.0224. The molecule has 0 bridgehead atoms. The number of halogens is 4. The molecule has 2 rings (SSSR count). The quantitative estimate of drug-likeness (QED) is 0.915. The van der Waals surface area contributed by atoms with Gasteiger partial charge in [0.1, 0.15) is 5.75 Å². The molecule has 0 saturated heterocycles. The van der Waals surface area contributed by atoms with Gasteiger partial charge in [0.15, 0.2) is 0 Å². The van der Waals surface area contributed by atoms with E-state index in [0.717, 1.165) is 18.9 Å². The molecule has 0 radical (unpaired) electrons. The SMILES string of the molecule is CC1(C(=O)Nc2ccc(OC(F)(F)F)c(Cl)c2)CC1. The maximum Gasteiger partial charge on any atom is 0.573 e. The third-order valence-electron chi connectivity index (χ3n) is 2.96. The van der Waals surface area contributed by atoms with E-state index in [0.29, 0.717) is 5.69 Å². The van der Waals surface area contributed by atoms with Crippen LogP contribution in [0.5, 0.6) is 5.75 Å². The van der Waals surface area contributed by atoms with Gasteiger partial charge in [0.05, 0.1) is 5.02 Å². The van der Waals surface area contributed by atoms with Crippen molar-refractivity contribution >= 4 is 23.2 Å². The molecule has 1 aliphatic rings. The minimum absolute atomic E-state index is 0.159. The molecule has 0 unspecified atom stereocenters. The molecule has 19 heavy (non-hydrogen) atoms. The Morgan fingerprint density at radius 2 is 2.05 bits per heavy atom. The first kappa shape index (κ1) is 14.0.